The van der Waals surface area contributed by atoms with E-state index in [1.54, 1.807) is 4.68 Å². The molecule has 18 heavy (non-hydrogen) atoms. The summed E-state index contributed by atoms with van der Waals surface area (Å²) in [6, 6.07) is 1.88. The number of nitrogen functional groups attached to an aromatic ring is 1. The number of nitrogens with zero attached hydrogens (tertiary/aromatic N) is 4. The molecule has 0 saturated heterocycles. The first-order valence-corrected chi connectivity index (χ1v) is 5.81. The van der Waals surface area contributed by atoms with Crippen LogP contribution in [0.3, 0.4) is 0 Å². The zero-order chi connectivity index (χ0) is 13.0. The summed E-state index contributed by atoms with van der Waals surface area (Å²) in [5.74, 6) is 7.58. The first-order valence-electron chi connectivity index (χ1n) is 5.81. The van der Waals surface area contributed by atoms with Crippen LogP contribution in [0.15, 0.2) is 18.6 Å². The average molecular weight is 247 g/mol. The normalized spacial score (nSPS) is 10.4. The lowest BCUT2D eigenvalue weighted by atomic mass is 10.1. The molecule has 0 radical (unpaired) electrons. The van der Waals surface area contributed by atoms with E-state index in [1.165, 1.54) is 6.33 Å². The summed E-state index contributed by atoms with van der Waals surface area (Å²) in [4.78, 5) is 8.35. The van der Waals surface area contributed by atoms with Gasteiger partial charge >= 0.3 is 0 Å². The molecule has 2 aromatic rings. The van der Waals surface area contributed by atoms with Crippen LogP contribution in [0.1, 0.15) is 18.9 Å². The lowest BCUT2D eigenvalue weighted by Gasteiger charge is -2.11. The molecule has 2 rings (SSSR count). The molecular formula is C11H17N7. The molecule has 2 heterocycles. The maximum Gasteiger partial charge on any atom is 0.153 e. The standard InChI is InChI=1S/C11H17N7/c1-3-4-8-10(13-7-14-11(8)16-12)15-9-5-6-18(2)17-9/h5-7H,3-4,12H2,1-2H3,(H2,13,14,15,16,17). The van der Waals surface area contributed by atoms with Gasteiger partial charge in [-0.1, -0.05) is 13.3 Å². The molecule has 0 bridgehead atoms. The van der Waals surface area contributed by atoms with E-state index in [9.17, 15) is 0 Å². The summed E-state index contributed by atoms with van der Waals surface area (Å²) in [5.41, 5.74) is 3.56. The van der Waals surface area contributed by atoms with Crippen LogP contribution >= 0.6 is 0 Å². The van der Waals surface area contributed by atoms with Crippen molar-refractivity contribution in [2.24, 2.45) is 12.9 Å². The number of hydrogen-bond acceptors (Lipinski definition) is 6. The Labute approximate surface area is 105 Å². The van der Waals surface area contributed by atoms with Gasteiger partial charge in [0.05, 0.1) is 0 Å². The number of aromatic nitrogens is 4. The second-order valence-corrected chi connectivity index (χ2v) is 3.94. The third kappa shape index (κ3) is 2.57. The first-order chi connectivity index (χ1) is 8.74. The molecule has 4 N–H and O–H groups in total. The van der Waals surface area contributed by atoms with Crippen LogP contribution in [0.25, 0.3) is 0 Å². The molecule has 0 aromatic carbocycles. The molecule has 0 unspecified atom stereocenters. The van der Waals surface area contributed by atoms with Crippen molar-refractivity contribution in [3.05, 3.63) is 24.2 Å². The number of nitrogens with two attached hydrogens (primary N) is 1. The van der Waals surface area contributed by atoms with Gasteiger partial charge in [-0.15, -0.1) is 0 Å². The van der Waals surface area contributed by atoms with Crippen molar-refractivity contribution in [1.29, 1.82) is 0 Å². The highest BCUT2D eigenvalue weighted by molar-refractivity contribution is 5.62. The van der Waals surface area contributed by atoms with Gasteiger partial charge < -0.3 is 10.7 Å². The SMILES string of the molecule is CCCc1c(NN)ncnc1Nc1ccn(C)n1. The quantitative estimate of drug-likeness (QED) is 0.543. The van der Waals surface area contributed by atoms with Gasteiger partial charge in [0, 0.05) is 24.9 Å². The van der Waals surface area contributed by atoms with E-state index in [4.69, 9.17) is 5.84 Å². The van der Waals surface area contributed by atoms with Crippen molar-refractivity contribution in [2.75, 3.05) is 10.7 Å². The van der Waals surface area contributed by atoms with Gasteiger partial charge in [-0.25, -0.2) is 15.8 Å². The fourth-order valence-corrected chi connectivity index (χ4v) is 1.73. The molecule has 0 amide bonds. The van der Waals surface area contributed by atoms with Crippen LogP contribution in [-0.2, 0) is 13.5 Å². The van der Waals surface area contributed by atoms with E-state index < -0.39 is 0 Å². The molecule has 96 valence electrons. The Balaban J connectivity index is 2.31. The molecule has 7 heteroatoms. The Morgan fingerprint density at radius 1 is 1.33 bits per heavy atom. The van der Waals surface area contributed by atoms with Crippen LogP contribution in [-0.4, -0.2) is 19.7 Å². The Morgan fingerprint density at radius 3 is 2.72 bits per heavy atom. The molecule has 0 aliphatic heterocycles. The third-order valence-corrected chi connectivity index (χ3v) is 2.54. The van der Waals surface area contributed by atoms with Crippen molar-refractivity contribution in [1.82, 2.24) is 19.7 Å². The van der Waals surface area contributed by atoms with Gasteiger partial charge in [0.25, 0.3) is 0 Å². The molecule has 0 fully saturated rings. The maximum absolute atomic E-state index is 5.46. The zero-order valence-corrected chi connectivity index (χ0v) is 10.5. The van der Waals surface area contributed by atoms with Crippen molar-refractivity contribution in [3.63, 3.8) is 0 Å². The van der Waals surface area contributed by atoms with Crippen LogP contribution in [0, 0.1) is 0 Å². The van der Waals surface area contributed by atoms with Crippen molar-refractivity contribution in [3.8, 4) is 0 Å². The highest BCUT2D eigenvalue weighted by atomic mass is 15.3. The fraction of sp³-hybridized carbons (Fsp3) is 0.364. The predicted molar refractivity (Wildman–Crippen MR) is 70.3 cm³/mol. The molecular weight excluding hydrogens is 230 g/mol. The summed E-state index contributed by atoms with van der Waals surface area (Å²) >= 11 is 0. The first kappa shape index (κ1) is 12.3. The summed E-state index contributed by atoms with van der Waals surface area (Å²) in [7, 11) is 1.87. The predicted octanol–water partition coefficient (Wildman–Crippen LogP) is 1.19. The number of aryl methyl sites for hydroxylation is 1. The number of anilines is 3. The van der Waals surface area contributed by atoms with Gasteiger partial charge in [0.1, 0.15) is 18.0 Å². The molecule has 0 atom stereocenters. The maximum atomic E-state index is 5.46. The molecule has 2 aromatic heterocycles. The van der Waals surface area contributed by atoms with E-state index in [2.05, 4.69) is 32.7 Å². The summed E-state index contributed by atoms with van der Waals surface area (Å²) in [6.45, 7) is 2.10. The molecule has 0 saturated carbocycles. The van der Waals surface area contributed by atoms with E-state index in [-0.39, 0.29) is 0 Å². The fourth-order valence-electron chi connectivity index (χ4n) is 1.73. The van der Waals surface area contributed by atoms with Crippen LogP contribution < -0.4 is 16.6 Å². The van der Waals surface area contributed by atoms with E-state index in [1.807, 2.05) is 19.3 Å². The van der Waals surface area contributed by atoms with Gasteiger partial charge in [0.15, 0.2) is 5.82 Å². The van der Waals surface area contributed by atoms with E-state index >= 15 is 0 Å². The van der Waals surface area contributed by atoms with Gasteiger partial charge in [-0.3, -0.25) is 4.68 Å². The van der Waals surface area contributed by atoms with Crippen molar-refractivity contribution in [2.45, 2.75) is 19.8 Å². The highest BCUT2D eigenvalue weighted by Crippen LogP contribution is 2.23. The second kappa shape index (κ2) is 5.46. The summed E-state index contributed by atoms with van der Waals surface area (Å²) in [5, 5.41) is 7.43. The minimum Gasteiger partial charge on any atom is -0.323 e. The highest BCUT2D eigenvalue weighted by Gasteiger charge is 2.10. The van der Waals surface area contributed by atoms with Crippen molar-refractivity contribution >= 4 is 17.5 Å². The number of rotatable bonds is 5. The van der Waals surface area contributed by atoms with E-state index in [0.717, 1.165) is 30.0 Å². The summed E-state index contributed by atoms with van der Waals surface area (Å²) in [6.07, 6.45) is 5.17. The summed E-state index contributed by atoms with van der Waals surface area (Å²) < 4.78 is 1.73. The topological polar surface area (TPSA) is 93.7 Å². The lowest BCUT2D eigenvalue weighted by molar-refractivity contribution is 0.770. The van der Waals surface area contributed by atoms with E-state index in [0.29, 0.717) is 5.82 Å². The third-order valence-electron chi connectivity index (χ3n) is 2.54. The molecule has 0 aliphatic carbocycles. The van der Waals surface area contributed by atoms with Gasteiger partial charge in [-0.05, 0) is 6.42 Å². The van der Waals surface area contributed by atoms with Crippen molar-refractivity contribution < 1.29 is 0 Å². The zero-order valence-electron chi connectivity index (χ0n) is 10.5. The monoisotopic (exact) mass is 247 g/mol. The van der Waals surface area contributed by atoms with Gasteiger partial charge in [-0.2, -0.15) is 5.10 Å². The Bertz CT molecular complexity index is 520. The second-order valence-electron chi connectivity index (χ2n) is 3.94. The average Bonchev–Trinajstić information content (AvgIpc) is 2.77. The van der Waals surface area contributed by atoms with Crippen LogP contribution in [0.4, 0.5) is 17.5 Å². The van der Waals surface area contributed by atoms with Crippen LogP contribution in [0.5, 0.6) is 0 Å². The number of hydrogen-bond donors (Lipinski definition) is 3. The smallest absolute Gasteiger partial charge is 0.153 e. The van der Waals surface area contributed by atoms with Crippen LogP contribution in [0.2, 0.25) is 0 Å². The molecule has 0 aliphatic rings. The minimum atomic E-state index is 0.644. The van der Waals surface area contributed by atoms with Gasteiger partial charge in [0.2, 0.25) is 0 Å². The Morgan fingerprint density at radius 2 is 2.11 bits per heavy atom. The lowest BCUT2D eigenvalue weighted by Crippen LogP contribution is -2.13. The largest absolute Gasteiger partial charge is 0.323 e. The molecule has 0 spiro atoms. The Hall–Kier alpha value is -2.15. The minimum absolute atomic E-state index is 0.644. The number of nitrogens with one attached hydrogen (secondary N) is 2. The molecule has 7 nitrogen and oxygen atoms in total. The Kier molecular flexibility index (Phi) is 3.73. The number of hydrazine groups is 1.